The van der Waals surface area contributed by atoms with E-state index in [-0.39, 0.29) is 11.9 Å². The highest BCUT2D eigenvalue weighted by atomic mass is 35.5. The first kappa shape index (κ1) is 10.5. The van der Waals surface area contributed by atoms with Gasteiger partial charge in [-0.25, -0.2) is 4.39 Å². The molecule has 1 unspecified atom stereocenters. The van der Waals surface area contributed by atoms with Crippen molar-refractivity contribution in [2.45, 2.75) is 25.8 Å². The zero-order valence-electron chi connectivity index (χ0n) is 7.56. The van der Waals surface area contributed by atoms with E-state index in [4.69, 9.17) is 17.3 Å². The van der Waals surface area contributed by atoms with Crippen LogP contribution in [0.25, 0.3) is 0 Å². The van der Waals surface area contributed by atoms with E-state index in [0.29, 0.717) is 5.02 Å². The Bertz CT molecular complexity index is 268. The summed E-state index contributed by atoms with van der Waals surface area (Å²) in [5.74, 6) is -0.325. The minimum atomic E-state index is -0.325. The molecule has 0 aliphatic carbocycles. The van der Waals surface area contributed by atoms with Gasteiger partial charge in [-0.1, -0.05) is 24.9 Å². The SMILES string of the molecule is CCCC(N)c1cc(F)cc(Cl)c1. The van der Waals surface area contributed by atoms with Crippen LogP contribution in [0, 0.1) is 5.82 Å². The van der Waals surface area contributed by atoms with Gasteiger partial charge in [-0.3, -0.25) is 0 Å². The molecule has 0 saturated carbocycles. The molecule has 13 heavy (non-hydrogen) atoms. The Hall–Kier alpha value is -0.600. The van der Waals surface area contributed by atoms with E-state index >= 15 is 0 Å². The largest absolute Gasteiger partial charge is 0.324 e. The van der Waals surface area contributed by atoms with Gasteiger partial charge in [-0.05, 0) is 30.2 Å². The maximum absolute atomic E-state index is 12.9. The summed E-state index contributed by atoms with van der Waals surface area (Å²) in [6.45, 7) is 2.04. The first-order valence-corrected chi connectivity index (χ1v) is 4.73. The van der Waals surface area contributed by atoms with Crippen LogP contribution in [0.4, 0.5) is 4.39 Å². The fraction of sp³-hybridized carbons (Fsp3) is 0.400. The van der Waals surface area contributed by atoms with E-state index in [1.165, 1.54) is 12.1 Å². The molecule has 0 amide bonds. The third kappa shape index (κ3) is 2.98. The summed E-state index contributed by atoms with van der Waals surface area (Å²) < 4.78 is 12.9. The van der Waals surface area contributed by atoms with Crippen molar-refractivity contribution in [2.75, 3.05) is 0 Å². The van der Waals surface area contributed by atoms with Crippen LogP contribution >= 0.6 is 11.6 Å². The zero-order chi connectivity index (χ0) is 9.84. The van der Waals surface area contributed by atoms with Gasteiger partial charge < -0.3 is 5.73 Å². The van der Waals surface area contributed by atoms with Crippen LogP contribution < -0.4 is 5.73 Å². The van der Waals surface area contributed by atoms with Gasteiger partial charge in [0, 0.05) is 11.1 Å². The first-order valence-electron chi connectivity index (χ1n) is 4.35. The van der Waals surface area contributed by atoms with Crippen molar-refractivity contribution in [1.82, 2.24) is 0 Å². The van der Waals surface area contributed by atoms with Crippen LogP contribution in [0.2, 0.25) is 5.02 Å². The second-order valence-corrected chi connectivity index (χ2v) is 3.53. The topological polar surface area (TPSA) is 26.0 Å². The molecule has 2 N–H and O–H groups in total. The molecule has 0 aromatic heterocycles. The summed E-state index contributed by atoms with van der Waals surface area (Å²) in [5.41, 5.74) is 6.59. The number of hydrogen-bond acceptors (Lipinski definition) is 1. The van der Waals surface area contributed by atoms with Gasteiger partial charge in [-0.2, -0.15) is 0 Å². The minimum absolute atomic E-state index is 0.113. The van der Waals surface area contributed by atoms with Crippen LogP contribution in [0.3, 0.4) is 0 Å². The summed E-state index contributed by atoms with van der Waals surface area (Å²) in [7, 11) is 0. The lowest BCUT2D eigenvalue weighted by Gasteiger charge is -2.10. The monoisotopic (exact) mass is 201 g/mol. The molecule has 1 aromatic carbocycles. The predicted octanol–water partition coefficient (Wildman–Crippen LogP) is 3.28. The minimum Gasteiger partial charge on any atom is -0.324 e. The fourth-order valence-corrected chi connectivity index (χ4v) is 1.50. The molecule has 0 aliphatic heterocycles. The maximum atomic E-state index is 12.9. The molecule has 0 radical (unpaired) electrons. The summed E-state index contributed by atoms with van der Waals surface area (Å²) in [4.78, 5) is 0. The van der Waals surface area contributed by atoms with E-state index in [2.05, 4.69) is 0 Å². The van der Waals surface area contributed by atoms with Crippen molar-refractivity contribution in [3.63, 3.8) is 0 Å². The highest BCUT2D eigenvalue weighted by Crippen LogP contribution is 2.21. The number of nitrogens with two attached hydrogens (primary N) is 1. The van der Waals surface area contributed by atoms with E-state index < -0.39 is 0 Å². The first-order chi connectivity index (χ1) is 6.13. The van der Waals surface area contributed by atoms with Crippen LogP contribution in [-0.4, -0.2) is 0 Å². The second kappa shape index (κ2) is 4.58. The van der Waals surface area contributed by atoms with Crippen molar-refractivity contribution in [3.05, 3.63) is 34.6 Å². The Labute approximate surface area is 82.7 Å². The van der Waals surface area contributed by atoms with E-state index in [9.17, 15) is 4.39 Å². The average Bonchev–Trinajstić information content (AvgIpc) is 2.03. The molecule has 0 spiro atoms. The quantitative estimate of drug-likeness (QED) is 0.798. The van der Waals surface area contributed by atoms with Crippen LogP contribution in [0.5, 0.6) is 0 Å². The lowest BCUT2D eigenvalue weighted by atomic mass is 10.0. The van der Waals surface area contributed by atoms with Gasteiger partial charge in [0.15, 0.2) is 0 Å². The lowest BCUT2D eigenvalue weighted by Crippen LogP contribution is -2.09. The number of hydrogen-bond donors (Lipinski definition) is 1. The molecule has 0 fully saturated rings. The Balaban J connectivity index is 2.87. The molecule has 0 heterocycles. The molecule has 0 aliphatic rings. The highest BCUT2D eigenvalue weighted by molar-refractivity contribution is 6.30. The molecule has 0 saturated heterocycles. The molecular formula is C10H13ClFN. The molecule has 72 valence electrons. The normalized spacial score (nSPS) is 12.9. The third-order valence-corrected chi connectivity index (χ3v) is 2.13. The predicted molar refractivity (Wildman–Crippen MR) is 53.2 cm³/mol. The lowest BCUT2D eigenvalue weighted by molar-refractivity contribution is 0.605. The van der Waals surface area contributed by atoms with Gasteiger partial charge in [0.25, 0.3) is 0 Å². The second-order valence-electron chi connectivity index (χ2n) is 3.10. The highest BCUT2D eigenvalue weighted by Gasteiger charge is 2.06. The smallest absolute Gasteiger partial charge is 0.125 e. The van der Waals surface area contributed by atoms with Gasteiger partial charge in [0.2, 0.25) is 0 Å². The van der Waals surface area contributed by atoms with Gasteiger partial charge in [-0.15, -0.1) is 0 Å². The molecular weight excluding hydrogens is 189 g/mol. The Morgan fingerprint density at radius 1 is 1.46 bits per heavy atom. The molecule has 1 atom stereocenters. The summed E-state index contributed by atoms with van der Waals surface area (Å²) in [6.07, 6.45) is 1.83. The van der Waals surface area contributed by atoms with Crippen LogP contribution in [-0.2, 0) is 0 Å². The molecule has 1 rings (SSSR count). The maximum Gasteiger partial charge on any atom is 0.125 e. The molecule has 1 nitrogen and oxygen atoms in total. The molecule has 1 aromatic rings. The van der Waals surface area contributed by atoms with Gasteiger partial charge in [0.1, 0.15) is 5.82 Å². The van der Waals surface area contributed by atoms with Crippen LogP contribution in [0.1, 0.15) is 31.4 Å². The third-order valence-electron chi connectivity index (χ3n) is 1.91. The standard InChI is InChI=1S/C10H13ClFN/c1-2-3-10(13)7-4-8(11)6-9(12)5-7/h4-6,10H,2-3,13H2,1H3. The number of benzene rings is 1. The average molecular weight is 202 g/mol. The van der Waals surface area contributed by atoms with Gasteiger partial charge in [0.05, 0.1) is 0 Å². The van der Waals surface area contributed by atoms with Crippen molar-refractivity contribution >= 4 is 11.6 Å². The van der Waals surface area contributed by atoms with E-state index in [1.807, 2.05) is 6.92 Å². The van der Waals surface area contributed by atoms with Crippen LogP contribution in [0.15, 0.2) is 18.2 Å². The Morgan fingerprint density at radius 3 is 2.69 bits per heavy atom. The van der Waals surface area contributed by atoms with E-state index in [1.54, 1.807) is 6.07 Å². The number of halogens is 2. The van der Waals surface area contributed by atoms with Crippen molar-refractivity contribution in [1.29, 1.82) is 0 Å². The van der Waals surface area contributed by atoms with E-state index in [0.717, 1.165) is 18.4 Å². The van der Waals surface area contributed by atoms with Crippen molar-refractivity contribution < 1.29 is 4.39 Å². The van der Waals surface area contributed by atoms with Crippen molar-refractivity contribution in [2.24, 2.45) is 5.73 Å². The Kier molecular flexibility index (Phi) is 3.70. The summed E-state index contributed by atoms with van der Waals surface area (Å²) >= 11 is 5.70. The van der Waals surface area contributed by atoms with Crippen molar-refractivity contribution in [3.8, 4) is 0 Å². The zero-order valence-corrected chi connectivity index (χ0v) is 8.31. The fourth-order valence-electron chi connectivity index (χ4n) is 1.27. The summed E-state index contributed by atoms with van der Waals surface area (Å²) in [6, 6.07) is 4.32. The Morgan fingerprint density at radius 2 is 2.15 bits per heavy atom. The number of rotatable bonds is 3. The van der Waals surface area contributed by atoms with Gasteiger partial charge >= 0.3 is 0 Å². The molecule has 0 bridgehead atoms. The molecule has 3 heteroatoms. The summed E-state index contributed by atoms with van der Waals surface area (Å²) in [5, 5.41) is 0.404.